The molecule has 1 aromatic carbocycles. The van der Waals surface area contributed by atoms with Crippen LogP contribution in [0.3, 0.4) is 0 Å². The molecule has 3 fully saturated rings. The summed E-state index contributed by atoms with van der Waals surface area (Å²) in [6.45, 7) is 0.194. The van der Waals surface area contributed by atoms with Gasteiger partial charge in [-0.15, -0.1) is 0 Å². The molecule has 2 aromatic heterocycles. The molecule has 3 aliphatic rings. The van der Waals surface area contributed by atoms with Crippen molar-refractivity contribution in [3.63, 3.8) is 0 Å². The Morgan fingerprint density at radius 1 is 0.919 bits per heavy atom. The Hall–Kier alpha value is -3.13. The number of furan rings is 1. The van der Waals surface area contributed by atoms with Crippen molar-refractivity contribution in [3.05, 3.63) is 58.3 Å². The second-order valence-electron chi connectivity index (χ2n) is 11.0. The fraction of sp³-hybridized carbons (Fsp3) is 0.552. The Bertz CT molecular complexity index is 1310. The van der Waals surface area contributed by atoms with Gasteiger partial charge in [0.15, 0.2) is 5.82 Å². The number of para-hydroxylation sites is 2. The van der Waals surface area contributed by atoms with Crippen LogP contribution in [0, 0.1) is 0 Å². The van der Waals surface area contributed by atoms with Gasteiger partial charge in [0.05, 0.1) is 17.6 Å². The molecule has 1 aliphatic carbocycles. The minimum Gasteiger partial charge on any atom is -0.475 e. The fourth-order valence-corrected chi connectivity index (χ4v) is 7.11. The van der Waals surface area contributed by atoms with Crippen molar-refractivity contribution >= 4 is 22.8 Å². The lowest BCUT2D eigenvalue weighted by molar-refractivity contribution is 0.0498. The Kier molecular flexibility index (Phi) is 6.76. The standard InChI is InChI=1S/C29H36N4O4/c34-28-27(30-18-23-14-15-26(37-23)29(35)36)31-24-10-6-7-11-25(24)33(28)22-16-20-12-13-21(17-22)32(20)19-8-4-2-1-3-5-9-19/h6-7,10-11,14-15,19-22H,1-5,8-9,12-13,16-18H2,(H,30,31)(H,35,36)/t20-,21?,22?/m0/s1. The molecule has 6 rings (SSSR count). The number of carboxylic acid groups (broad SMARTS) is 1. The van der Waals surface area contributed by atoms with Crippen LogP contribution in [-0.4, -0.2) is 43.7 Å². The number of carboxylic acids is 1. The zero-order chi connectivity index (χ0) is 25.4. The van der Waals surface area contributed by atoms with Crippen LogP contribution >= 0.6 is 0 Å². The molecule has 3 atom stereocenters. The highest BCUT2D eigenvalue weighted by Gasteiger charge is 2.44. The molecular weight excluding hydrogens is 468 g/mol. The van der Waals surface area contributed by atoms with Gasteiger partial charge in [-0.1, -0.05) is 44.2 Å². The largest absolute Gasteiger partial charge is 0.475 e. The van der Waals surface area contributed by atoms with Crippen LogP contribution in [0.1, 0.15) is 93.0 Å². The van der Waals surface area contributed by atoms with Crippen LogP contribution in [0.5, 0.6) is 0 Å². The number of anilines is 1. The second kappa shape index (κ2) is 10.3. The number of fused-ring (bicyclic) bond motifs is 3. The number of aromatic nitrogens is 2. The minimum absolute atomic E-state index is 0.118. The van der Waals surface area contributed by atoms with Crippen LogP contribution in [0.4, 0.5) is 5.82 Å². The van der Waals surface area contributed by atoms with Crippen molar-refractivity contribution < 1.29 is 14.3 Å². The molecule has 3 aromatic rings. The number of piperidine rings is 1. The van der Waals surface area contributed by atoms with Crippen LogP contribution in [0.15, 0.2) is 45.6 Å². The van der Waals surface area contributed by atoms with E-state index in [1.165, 1.54) is 63.9 Å². The summed E-state index contributed by atoms with van der Waals surface area (Å²) >= 11 is 0. The first-order valence-corrected chi connectivity index (χ1v) is 13.9. The summed E-state index contributed by atoms with van der Waals surface area (Å²) < 4.78 is 7.34. The molecule has 196 valence electrons. The molecular formula is C29H36N4O4. The van der Waals surface area contributed by atoms with Gasteiger partial charge in [0.1, 0.15) is 5.76 Å². The van der Waals surface area contributed by atoms with Crippen LogP contribution in [0.2, 0.25) is 0 Å². The smallest absolute Gasteiger partial charge is 0.371 e. The number of rotatable bonds is 6. The van der Waals surface area contributed by atoms with E-state index in [0.29, 0.717) is 23.9 Å². The van der Waals surface area contributed by atoms with E-state index in [9.17, 15) is 9.59 Å². The van der Waals surface area contributed by atoms with Gasteiger partial charge in [0, 0.05) is 24.2 Å². The maximum absolute atomic E-state index is 13.8. The summed E-state index contributed by atoms with van der Waals surface area (Å²) in [7, 11) is 0. The number of carbonyl (C=O) groups is 1. The van der Waals surface area contributed by atoms with Gasteiger partial charge in [-0.05, 0) is 62.8 Å². The topological polar surface area (TPSA) is 101 Å². The molecule has 0 amide bonds. The fourth-order valence-electron chi connectivity index (χ4n) is 7.11. The molecule has 2 saturated heterocycles. The van der Waals surface area contributed by atoms with E-state index in [4.69, 9.17) is 9.52 Å². The van der Waals surface area contributed by atoms with Crippen molar-refractivity contribution in [2.24, 2.45) is 0 Å². The predicted octanol–water partition coefficient (Wildman–Crippen LogP) is 5.58. The molecule has 8 nitrogen and oxygen atoms in total. The Balaban J connectivity index is 1.27. The average molecular weight is 505 g/mol. The lowest BCUT2D eigenvalue weighted by atomic mass is 9.89. The lowest BCUT2D eigenvalue weighted by Gasteiger charge is -2.45. The molecule has 8 heteroatoms. The van der Waals surface area contributed by atoms with Crippen molar-refractivity contribution in [1.29, 1.82) is 0 Å². The molecule has 2 aliphatic heterocycles. The normalized spacial score (nSPS) is 25.1. The average Bonchev–Trinajstić information content (AvgIpc) is 3.45. The number of nitrogens with zero attached hydrogens (tertiary/aromatic N) is 3. The number of nitrogens with one attached hydrogen (secondary N) is 1. The van der Waals surface area contributed by atoms with E-state index in [2.05, 4.69) is 15.2 Å². The van der Waals surface area contributed by atoms with Gasteiger partial charge in [0.2, 0.25) is 5.76 Å². The number of benzene rings is 1. The van der Waals surface area contributed by atoms with Gasteiger partial charge in [0.25, 0.3) is 5.56 Å². The second-order valence-corrected chi connectivity index (χ2v) is 11.0. The number of aromatic carboxylic acids is 1. The summed E-state index contributed by atoms with van der Waals surface area (Å²) in [5.74, 6) is -0.504. The Morgan fingerprint density at radius 3 is 2.32 bits per heavy atom. The van der Waals surface area contributed by atoms with E-state index < -0.39 is 5.97 Å². The molecule has 37 heavy (non-hydrogen) atoms. The number of hydrogen-bond donors (Lipinski definition) is 2. The van der Waals surface area contributed by atoms with E-state index in [1.54, 1.807) is 6.07 Å². The Labute approximate surface area is 216 Å². The summed E-state index contributed by atoms with van der Waals surface area (Å²) in [6.07, 6.45) is 13.9. The third kappa shape index (κ3) is 4.79. The molecule has 0 spiro atoms. The van der Waals surface area contributed by atoms with E-state index in [1.807, 2.05) is 28.8 Å². The maximum atomic E-state index is 13.8. The molecule has 2 bridgehead atoms. The van der Waals surface area contributed by atoms with E-state index in [-0.39, 0.29) is 29.7 Å². The van der Waals surface area contributed by atoms with Gasteiger partial charge < -0.3 is 19.4 Å². The third-order valence-corrected chi connectivity index (χ3v) is 8.72. The first-order valence-electron chi connectivity index (χ1n) is 13.9. The van der Waals surface area contributed by atoms with Crippen molar-refractivity contribution in [3.8, 4) is 0 Å². The molecule has 2 unspecified atom stereocenters. The highest BCUT2D eigenvalue weighted by atomic mass is 16.4. The first-order chi connectivity index (χ1) is 18.1. The quantitative estimate of drug-likeness (QED) is 0.452. The Morgan fingerprint density at radius 2 is 1.62 bits per heavy atom. The van der Waals surface area contributed by atoms with Crippen molar-refractivity contribution in [1.82, 2.24) is 14.5 Å². The van der Waals surface area contributed by atoms with Crippen LogP contribution < -0.4 is 10.9 Å². The highest BCUT2D eigenvalue weighted by molar-refractivity contribution is 5.84. The molecule has 2 N–H and O–H groups in total. The van der Waals surface area contributed by atoms with E-state index >= 15 is 0 Å². The van der Waals surface area contributed by atoms with Gasteiger partial charge in [-0.3, -0.25) is 9.69 Å². The van der Waals surface area contributed by atoms with Gasteiger partial charge >= 0.3 is 5.97 Å². The predicted molar refractivity (Wildman–Crippen MR) is 142 cm³/mol. The number of hydrogen-bond acceptors (Lipinski definition) is 6. The van der Waals surface area contributed by atoms with Crippen molar-refractivity contribution in [2.75, 3.05) is 5.32 Å². The summed E-state index contributed by atoms with van der Waals surface area (Å²) in [5, 5.41) is 12.2. The minimum atomic E-state index is -1.11. The van der Waals surface area contributed by atoms with E-state index in [0.717, 1.165) is 23.9 Å². The van der Waals surface area contributed by atoms with Gasteiger partial charge in [-0.25, -0.2) is 9.78 Å². The van der Waals surface area contributed by atoms with Gasteiger partial charge in [-0.2, -0.15) is 0 Å². The van der Waals surface area contributed by atoms with Crippen LogP contribution in [0.25, 0.3) is 11.0 Å². The maximum Gasteiger partial charge on any atom is 0.371 e. The SMILES string of the molecule is O=C(O)c1ccc(CNc2nc3ccccc3n(C3CC4CC[C@@H](C3)N4C3CCCCCCC3)c2=O)o1. The molecule has 0 radical (unpaired) electrons. The molecule has 1 saturated carbocycles. The third-order valence-electron chi connectivity index (χ3n) is 8.72. The highest BCUT2D eigenvalue weighted by Crippen LogP contribution is 2.44. The first kappa shape index (κ1) is 24.2. The van der Waals surface area contributed by atoms with Crippen LogP contribution in [-0.2, 0) is 6.54 Å². The summed E-state index contributed by atoms with van der Waals surface area (Å²) in [4.78, 5) is 32.4. The monoisotopic (exact) mass is 504 g/mol. The van der Waals surface area contributed by atoms with Crippen molar-refractivity contribution in [2.45, 2.75) is 101 Å². The zero-order valence-electron chi connectivity index (χ0n) is 21.3. The zero-order valence-corrected chi connectivity index (χ0v) is 21.3. The summed E-state index contributed by atoms with van der Waals surface area (Å²) in [5.41, 5.74) is 1.55. The lowest BCUT2D eigenvalue weighted by Crippen LogP contribution is -2.50. The summed E-state index contributed by atoms with van der Waals surface area (Å²) in [6, 6.07) is 12.8. The molecule has 4 heterocycles.